The molecule has 2 aromatic carbocycles. The molecule has 5 nitrogen and oxygen atoms in total. The molecule has 1 atom stereocenters. The topological polar surface area (TPSA) is 82.7 Å². The monoisotopic (exact) mass is 311 g/mol. The van der Waals surface area contributed by atoms with E-state index in [1.54, 1.807) is 29.0 Å². The van der Waals surface area contributed by atoms with E-state index in [0.717, 1.165) is 10.9 Å². The predicted octanol–water partition coefficient (Wildman–Crippen LogP) is 1.93. The highest BCUT2D eigenvalue weighted by Gasteiger charge is 2.19. The summed E-state index contributed by atoms with van der Waals surface area (Å²) in [4.78, 5) is 12.8. The summed E-state index contributed by atoms with van der Waals surface area (Å²) in [6.07, 6.45) is 0.747. The van der Waals surface area contributed by atoms with Gasteiger partial charge in [0.15, 0.2) is 5.78 Å². The number of aliphatic hydroxyl groups excluding tert-OH is 2. The average Bonchev–Trinajstić information content (AvgIpc) is 2.93. The van der Waals surface area contributed by atoms with Crippen molar-refractivity contribution >= 4 is 16.7 Å². The number of carbonyl (C=O) groups is 1. The van der Waals surface area contributed by atoms with E-state index < -0.39 is 6.10 Å². The number of hydrogen-bond donors (Lipinski definition) is 3. The van der Waals surface area contributed by atoms with E-state index in [1.807, 2.05) is 24.3 Å². The van der Waals surface area contributed by atoms with Gasteiger partial charge in [-0.05, 0) is 18.2 Å². The van der Waals surface area contributed by atoms with Crippen LogP contribution in [0.4, 0.5) is 0 Å². The van der Waals surface area contributed by atoms with Gasteiger partial charge in [-0.3, -0.25) is 4.79 Å². The summed E-state index contributed by atoms with van der Waals surface area (Å²) >= 11 is 0. The normalized spacial score (nSPS) is 12.4. The summed E-state index contributed by atoms with van der Waals surface area (Å²) in [5.41, 5.74) is 1.48. The Hall–Kier alpha value is -2.63. The third-order valence-corrected chi connectivity index (χ3v) is 3.80. The molecule has 1 heterocycles. The van der Waals surface area contributed by atoms with Crippen molar-refractivity contribution in [3.05, 3.63) is 65.9 Å². The summed E-state index contributed by atoms with van der Waals surface area (Å²) in [5.74, 6) is -0.346. The van der Waals surface area contributed by atoms with E-state index in [9.17, 15) is 15.0 Å². The minimum Gasteiger partial charge on any atom is -0.507 e. The van der Waals surface area contributed by atoms with Crippen molar-refractivity contribution in [3.63, 3.8) is 0 Å². The van der Waals surface area contributed by atoms with Crippen LogP contribution >= 0.6 is 0 Å². The number of benzene rings is 2. The number of nitrogens with zero attached hydrogens (tertiary/aromatic N) is 1. The van der Waals surface area contributed by atoms with Gasteiger partial charge in [0.2, 0.25) is 0 Å². The van der Waals surface area contributed by atoms with E-state index in [2.05, 4.69) is 0 Å². The quantitative estimate of drug-likeness (QED) is 0.629. The highest BCUT2D eigenvalue weighted by Crippen LogP contribution is 2.27. The highest BCUT2D eigenvalue weighted by molar-refractivity contribution is 6.17. The molecule has 0 radical (unpaired) electrons. The van der Waals surface area contributed by atoms with Crippen molar-refractivity contribution in [2.45, 2.75) is 12.6 Å². The van der Waals surface area contributed by atoms with E-state index in [0.29, 0.717) is 5.56 Å². The molecule has 0 aliphatic rings. The smallest absolute Gasteiger partial charge is 0.198 e. The van der Waals surface area contributed by atoms with Crippen LogP contribution in [0.2, 0.25) is 0 Å². The third kappa shape index (κ3) is 2.84. The zero-order valence-electron chi connectivity index (χ0n) is 12.4. The van der Waals surface area contributed by atoms with Crippen molar-refractivity contribution in [1.29, 1.82) is 0 Å². The number of fused-ring (bicyclic) bond motifs is 1. The second-order valence-electron chi connectivity index (χ2n) is 5.39. The lowest BCUT2D eigenvalue weighted by Gasteiger charge is -2.09. The fourth-order valence-electron chi connectivity index (χ4n) is 2.67. The van der Waals surface area contributed by atoms with Gasteiger partial charge in [-0.2, -0.15) is 0 Å². The Morgan fingerprint density at radius 2 is 1.74 bits per heavy atom. The molecule has 1 unspecified atom stereocenters. The average molecular weight is 311 g/mol. The number of carbonyl (C=O) groups excluding carboxylic acids is 1. The molecular weight excluding hydrogens is 294 g/mol. The first-order valence-corrected chi connectivity index (χ1v) is 7.31. The van der Waals surface area contributed by atoms with Crippen LogP contribution in [-0.4, -0.2) is 38.4 Å². The van der Waals surface area contributed by atoms with Gasteiger partial charge in [-0.25, -0.2) is 0 Å². The maximum atomic E-state index is 12.8. The minimum atomic E-state index is -0.904. The van der Waals surface area contributed by atoms with Crippen molar-refractivity contribution in [2.24, 2.45) is 0 Å². The van der Waals surface area contributed by atoms with E-state index in [1.165, 1.54) is 6.07 Å². The van der Waals surface area contributed by atoms with Crippen molar-refractivity contribution in [1.82, 2.24) is 4.57 Å². The van der Waals surface area contributed by atoms with Gasteiger partial charge in [-0.1, -0.05) is 30.3 Å². The van der Waals surface area contributed by atoms with Crippen LogP contribution in [0.1, 0.15) is 15.9 Å². The predicted molar refractivity (Wildman–Crippen MR) is 86.6 cm³/mol. The van der Waals surface area contributed by atoms with Crippen LogP contribution in [-0.2, 0) is 6.54 Å². The maximum absolute atomic E-state index is 12.8. The number of rotatable bonds is 5. The number of aliphatic hydroxyl groups is 2. The summed E-state index contributed by atoms with van der Waals surface area (Å²) in [6.45, 7) is -0.166. The Kier molecular flexibility index (Phi) is 4.14. The number of hydrogen-bond acceptors (Lipinski definition) is 4. The zero-order chi connectivity index (χ0) is 16.4. The fraction of sp³-hybridized carbons (Fsp3) is 0.167. The number of aromatic hydroxyl groups is 1. The second kappa shape index (κ2) is 6.24. The molecule has 3 N–H and O–H groups in total. The van der Waals surface area contributed by atoms with Crippen LogP contribution in [0.25, 0.3) is 10.9 Å². The Balaban J connectivity index is 2.11. The summed E-state index contributed by atoms with van der Waals surface area (Å²) in [7, 11) is 0. The first kappa shape index (κ1) is 15.3. The first-order chi connectivity index (χ1) is 11.1. The number of phenols is 1. The molecule has 23 heavy (non-hydrogen) atoms. The number of ketones is 1. The first-order valence-electron chi connectivity index (χ1n) is 7.31. The van der Waals surface area contributed by atoms with Gasteiger partial charge in [0.1, 0.15) is 5.75 Å². The van der Waals surface area contributed by atoms with E-state index in [-0.39, 0.29) is 30.2 Å². The van der Waals surface area contributed by atoms with Crippen molar-refractivity contribution in [3.8, 4) is 5.75 Å². The largest absolute Gasteiger partial charge is 0.507 e. The van der Waals surface area contributed by atoms with Gasteiger partial charge in [0.25, 0.3) is 0 Å². The van der Waals surface area contributed by atoms with Gasteiger partial charge in [0, 0.05) is 22.7 Å². The molecule has 5 heteroatoms. The zero-order valence-corrected chi connectivity index (χ0v) is 12.4. The van der Waals surface area contributed by atoms with Crippen LogP contribution in [0.15, 0.2) is 54.7 Å². The third-order valence-electron chi connectivity index (χ3n) is 3.80. The number of phenolic OH excluding ortho intramolecular Hbond substituents is 1. The number of aromatic nitrogens is 1. The molecule has 0 fully saturated rings. The van der Waals surface area contributed by atoms with Crippen molar-refractivity contribution < 1.29 is 20.1 Å². The molecule has 1 aromatic heterocycles. The van der Waals surface area contributed by atoms with Crippen LogP contribution in [0.3, 0.4) is 0 Å². The molecule has 0 aliphatic carbocycles. The van der Waals surface area contributed by atoms with Gasteiger partial charge in [-0.15, -0.1) is 0 Å². The molecule has 0 aliphatic heterocycles. The summed E-state index contributed by atoms with van der Waals surface area (Å²) in [6, 6.07) is 13.8. The SMILES string of the molecule is O=C(c1ccccc1O)c1cn(CC(O)CO)c2ccccc12. The Bertz CT molecular complexity index is 853. The fourth-order valence-corrected chi connectivity index (χ4v) is 2.67. The Labute approximate surface area is 133 Å². The molecule has 0 bridgehead atoms. The molecular formula is C18H17NO4. The molecule has 0 amide bonds. The lowest BCUT2D eigenvalue weighted by atomic mass is 10.0. The molecule has 3 rings (SSSR count). The lowest BCUT2D eigenvalue weighted by molar-refractivity contribution is 0.0821. The summed E-state index contributed by atoms with van der Waals surface area (Å²) in [5, 5.41) is 29.4. The van der Waals surface area contributed by atoms with Crippen LogP contribution in [0.5, 0.6) is 5.75 Å². The lowest BCUT2D eigenvalue weighted by Crippen LogP contribution is -2.19. The van der Waals surface area contributed by atoms with Gasteiger partial charge in [0.05, 0.1) is 24.8 Å². The van der Waals surface area contributed by atoms with Crippen LogP contribution in [0, 0.1) is 0 Å². The molecule has 118 valence electrons. The van der Waals surface area contributed by atoms with E-state index >= 15 is 0 Å². The molecule has 0 spiro atoms. The van der Waals surface area contributed by atoms with Crippen LogP contribution < -0.4 is 0 Å². The van der Waals surface area contributed by atoms with E-state index in [4.69, 9.17) is 5.11 Å². The Morgan fingerprint density at radius 1 is 1.04 bits per heavy atom. The second-order valence-corrected chi connectivity index (χ2v) is 5.39. The molecule has 0 saturated carbocycles. The molecule has 0 saturated heterocycles. The minimum absolute atomic E-state index is 0.0651. The standard InChI is InChI=1S/C18H17NO4/c20-11-12(21)9-19-10-15(13-5-1-3-7-16(13)19)18(23)14-6-2-4-8-17(14)22/h1-8,10,12,20-22H,9,11H2. The Morgan fingerprint density at radius 3 is 2.48 bits per heavy atom. The summed E-state index contributed by atoms with van der Waals surface area (Å²) < 4.78 is 1.74. The van der Waals surface area contributed by atoms with Gasteiger partial charge >= 0.3 is 0 Å². The molecule has 3 aromatic rings. The number of para-hydroxylation sites is 2. The van der Waals surface area contributed by atoms with Gasteiger partial charge < -0.3 is 19.9 Å². The highest BCUT2D eigenvalue weighted by atomic mass is 16.3. The van der Waals surface area contributed by atoms with Crippen molar-refractivity contribution in [2.75, 3.05) is 6.61 Å². The maximum Gasteiger partial charge on any atom is 0.198 e.